The summed E-state index contributed by atoms with van der Waals surface area (Å²) in [5, 5.41) is 0.448. The number of sulfonamides is 1. The Bertz CT molecular complexity index is 763. The molecular weight excluding hydrogens is 364 g/mol. The topological polar surface area (TPSA) is 72.2 Å². The summed E-state index contributed by atoms with van der Waals surface area (Å²) in [7, 11) is -3.69. The third-order valence-electron chi connectivity index (χ3n) is 2.82. The highest BCUT2D eigenvalue weighted by molar-refractivity contribution is 9.10. The molecule has 2 aromatic carbocycles. The van der Waals surface area contributed by atoms with Gasteiger partial charge >= 0.3 is 0 Å². The van der Waals surface area contributed by atoms with Gasteiger partial charge in [0, 0.05) is 10.2 Å². The summed E-state index contributed by atoms with van der Waals surface area (Å²) in [6.45, 7) is 1.75. The van der Waals surface area contributed by atoms with Crippen molar-refractivity contribution in [1.82, 2.24) is 0 Å². The van der Waals surface area contributed by atoms with E-state index in [1.807, 2.05) is 0 Å². The van der Waals surface area contributed by atoms with Gasteiger partial charge in [0.05, 0.1) is 15.6 Å². The van der Waals surface area contributed by atoms with E-state index >= 15 is 0 Å². The molecule has 3 N–H and O–H groups in total. The minimum atomic E-state index is -3.69. The van der Waals surface area contributed by atoms with Gasteiger partial charge in [0.25, 0.3) is 10.0 Å². The van der Waals surface area contributed by atoms with Crippen LogP contribution in [-0.2, 0) is 10.0 Å². The first kappa shape index (κ1) is 15.2. The van der Waals surface area contributed by atoms with Gasteiger partial charge in [-0.05, 0) is 58.7 Å². The standard InChI is InChI=1S/C13H12BrClN2O2S/c1-8-12(16)3-2-4-13(8)17-20(18,19)9-5-6-11(15)10(14)7-9/h2-7,17H,16H2,1H3. The number of nitrogen functional groups attached to an aromatic ring is 1. The second-order valence-electron chi connectivity index (χ2n) is 4.20. The van der Waals surface area contributed by atoms with Gasteiger partial charge in [0.1, 0.15) is 0 Å². The summed E-state index contributed by atoms with van der Waals surface area (Å²) in [4.78, 5) is 0.121. The molecule has 0 heterocycles. The summed E-state index contributed by atoms with van der Waals surface area (Å²) in [5.74, 6) is 0. The first-order valence-electron chi connectivity index (χ1n) is 5.64. The van der Waals surface area contributed by atoms with E-state index < -0.39 is 10.0 Å². The van der Waals surface area contributed by atoms with E-state index in [1.165, 1.54) is 18.2 Å². The van der Waals surface area contributed by atoms with Crippen LogP contribution in [0, 0.1) is 6.92 Å². The van der Waals surface area contributed by atoms with Gasteiger partial charge in [-0.3, -0.25) is 4.72 Å². The fraction of sp³-hybridized carbons (Fsp3) is 0.0769. The second-order valence-corrected chi connectivity index (χ2v) is 7.15. The molecule has 0 aliphatic carbocycles. The van der Waals surface area contributed by atoms with Gasteiger partial charge in [-0.25, -0.2) is 8.42 Å². The molecule has 4 nitrogen and oxygen atoms in total. The minimum absolute atomic E-state index is 0.121. The monoisotopic (exact) mass is 374 g/mol. The zero-order chi connectivity index (χ0) is 14.9. The summed E-state index contributed by atoms with van der Waals surface area (Å²) in [6.07, 6.45) is 0. The number of nitrogens with one attached hydrogen (secondary N) is 1. The molecule has 2 rings (SSSR count). The Kier molecular flexibility index (Phi) is 4.27. The molecule has 0 aliphatic rings. The molecular formula is C13H12BrClN2O2S. The molecule has 0 amide bonds. The number of nitrogens with two attached hydrogens (primary N) is 1. The maximum absolute atomic E-state index is 12.3. The lowest BCUT2D eigenvalue weighted by Crippen LogP contribution is -2.14. The molecule has 0 atom stereocenters. The van der Waals surface area contributed by atoms with Crippen molar-refractivity contribution in [1.29, 1.82) is 0 Å². The van der Waals surface area contributed by atoms with E-state index in [2.05, 4.69) is 20.7 Å². The number of anilines is 2. The normalized spacial score (nSPS) is 11.3. The highest BCUT2D eigenvalue weighted by Crippen LogP contribution is 2.28. The Morgan fingerprint density at radius 1 is 1.25 bits per heavy atom. The first-order valence-corrected chi connectivity index (χ1v) is 8.29. The van der Waals surface area contributed by atoms with Crippen LogP contribution in [0.25, 0.3) is 0 Å². The van der Waals surface area contributed by atoms with Crippen molar-refractivity contribution in [3.05, 3.63) is 51.5 Å². The van der Waals surface area contributed by atoms with E-state index in [0.717, 1.165) is 0 Å². The van der Waals surface area contributed by atoms with Crippen LogP contribution in [0.4, 0.5) is 11.4 Å². The fourth-order valence-corrected chi connectivity index (χ4v) is 3.41. The number of hydrogen-bond donors (Lipinski definition) is 2. The number of hydrogen-bond acceptors (Lipinski definition) is 3. The Morgan fingerprint density at radius 3 is 2.60 bits per heavy atom. The van der Waals surface area contributed by atoms with Crippen LogP contribution in [0.3, 0.4) is 0 Å². The largest absolute Gasteiger partial charge is 0.398 e. The quantitative estimate of drug-likeness (QED) is 0.802. The van der Waals surface area contributed by atoms with Crippen molar-refractivity contribution in [2.75, 3.05) is 10.5 Å². The van der Waals surface area contributed by atoms with Crippen molar-refractivity contribution >= 4 is 48.9 Å². The van der Waals surface area contributed by atoms with Crippen LogP contribution in [0.2, 0.25) is 5.02 Å². The van der Waals surface area contributed by atoms with E-state index in [1.54, 1.807) is 25.1 Å². The lowest BCUT2D eigenvalue weighted by atomic mass is 10.2. The van der Waals surface area contributed by atoms with Crippen molar-refractivity contribution in [3.8, 4) is 0 Å². The SMILES string of the molecule is Cc1c(N)cccc1NS(=O)(=O)c1ccc(Cl)c(Br)c1. The molecule has 0 aromatic heterocycles. The van der Waals surface area contributed by atoms with Gasteiger partial charge in [-0.1, -0.05) is 17.7 Å². The summed E-state index contributed by atoms with van der Waals surface area (Å²) < 4.78 is 27.7. The lowest BCUT2D eigenvalue weighted by molar-refractivity contribution is 0.601. The Balaban J connectivity index is 2.41. The zero-order valence-electron chi connectivity index (χ0n) is 10.5. The van der Waals surface area contributed by atoms with Crippen molar-refractivity contribution in [2.45, 2.75) is 11.8 Å². The van der Waals surface area contributed by atoms with Crippen LogP contribution in [0.5, 0.6) is 0 Å². The van der Waals surface area contributed by atoms with Crippen LogP contribution in [0.1, 0.15) is 5.56 Å². The average Bonchev–Trinajstić information content (AvgIpc) is 2.38. The Hall–Kier alpha value is -1.24. The van der Waals surface area contributed by atoms with Gasteiger partial charge in [0.2, 0.25) is 0 Å². The van der Waals surface area contributed by atoms with Gasteiger partial charge < -0.3 is 5.73 Å². The minimum Gasteiger partial charge on any atom is -0.398 e. The maximum Gasteiger partial charge on any atom is 0.261 e. The van der Waals surface area contributed by atoms with Gasteiger partial charge in [-0.2, -0.15) is 0 Å². The summed E-state index contributed by atoms with van der Waals surface area (Å²) in [6, 6.07) is 9.48. The van der Waals surface area contributed by atoms with Crippen molar-refractivity contribution in [2.24, 2.45) is 0 Å². The van der Waals surface area contributed by atoms with Crippen molar-refractivity contribution in [3.63, 3.8) is 0 Å². The second kappa shape index (κ2) is 5.63. The molecule has 0 bridgehead atoms. The van der Waals surface area contributed by atoms with Crippen LogP contribution < -0.4 is 10.5 Å². The number of rotatable bonds is 3. The fourth-order valence-electron chi connectivity index (χ4n) is 1.61. The Morgan fingerprint density at radius 2 is 1.95 bits per heavy atom. The van der Waals surface area contributed by atoms with E-state index in [-0.39, 0.29) is 4.90 Å². The summed E-state index contributed by atoms with van der Waals surface area (Å²) >= 11 is 9.06. The smallest absolute Gasteiger partial charge is 0.261 e. The third-order valence-corrected chi connectivity index (χ3v) is 5.40. The van der Waals surface area contributed by atoms with E-state index in [0.29, 0.717) is 26.4 Å². The maximum atomic E-state index is 12.3. The van der Waals surface area contributed by atoms with Crippen LogP contribution in [-0.4, -0.2) is 8.42 Å². The molecule has 0 spiro atoms. The lowest BCUT2D eigenvalue weighted by Gasteiger charge is -2.12. The molecule has 0 fully saturated rings. The van der Waals surface area contributed by atoms with E-state index in [4.69, 9.17) is 17.3 Å². The molecule has 106 valence electrons. The molecule has 0 saturated heterocycles. The molecule has 2 aromatic rings. The number of benzene rings is 2. The van der Waals surface area contributed by atoms with E-state index in [9.17, 15) is 8.42 Å². The number of halogens is 2. The highest BCUT2D eigenvalue weighted by atomic mass is 79.9. The first-order chi connectivity index (χ1) is 9.31. The molecule has 0 aliphatic heterocycles. The van der Waals surface area contributed by atoms with Gasteiger partial charge in [0.15, 0.2) is 0 Å². The highest BCUT2D eigenvalue weighted by Gasteiger charge is 2.16. The van der Waals surface area contributed by atoms with Gasteiger partial charge in [-0.15, -0.1) is 0 Å². The molecule has 20 heavy (non-hydrogen) atoms. The predicted octanol–water partition coefficient (Wildman–Crippen LogP) is 3.79. The molecule has 0 radical (unpaired) electrons. The van der Waals surface area contributed by atoms with Crippen LogP contribution in [0.15, 0.2) is 45.8 Å². The predicted molar refractivity (Wildman–Crippen MR) is 85.6 cm³/mol. The molecule has 0 saturated carbocycles. The molecule has 0 unspecified atom stereocenters. The molecule has 7 heteroatoms. The summed E-state index contributed by atoms with van der Waals surface area (Å²) in [5.41, 5.74) is 7.43. The zero-order valence-corrected chi connectivity index (χ0v) is 13.7. The Labute approximate surface area is 131 Å². The average molecular weight is 376 g/mol. The van der Waals surface area contributed by atoms with Crippen molar-refractivity contribution < 1.29 is 8.42 Å². The third kappa shape index (κ3) is 3.08. The van der Waals surface area contributed by atoms with Crippen LogP contribution >= 0.6 is 27.5 Å².